The van der Waals surface area contributed by atoms with Crippen LogP contribution < -0.4 is 5.32 Å². The standard InChI is InChI=1S/C21H22N4O5S/c1-14-17(15(2)25(23-14)16-6-4-3-5-7-16)8-9-20(28)30-12-18(26)22-10-11-24-19(27)13-31-21(24)29/h3-9H,10-13H2,1-2H3,(H,22,26)/b9-8+. The van der Waals surface area contributed by atoms with Crippen molar-refractivity contribution in [1.82, 2.24) is 20.0 Å². The van der Waals surface area contributed by atoms with E-state index in [9.17, 15) is 19.2 Å². The van der Waals surface area contributed by atoms with Gasteiger partial charge in [-0.25, -0.2) is 9.48 Å². The Morgan fingerprint density at radius 1 is 1.23 bits per heavy atom. The first-order valence-electron chi connectivity index (χ1n) is 9.57. The Kier molecular flexibility index (Phi) is 7.24. The van der Waals surface area contributed by atoms with E-state index in [1.807, 2.05) is 44.2 Å². The zero-order chi connectivity index (χ0) is 22.4. The zero-order valence-corrected chi connectivity index (χ0v) is 18.0. The van der Waals surface area contributed by atoms with Crippen molar-refractivity contribution in [2.45, 2.75) is 13.8 Å². The van der Waals surface area contributed by atoms with Crippen molar-refractivity contribution in [1.29, 1.82) is 0 Å². The first-order chi connectivity index (χ1) is 14.9. The van der Waals surface area contributed by atoms with Crippen LogP contribution in [-0.4, -0.2) is 63.2 Å². The van der Waals surface area contributed by atoms with Crippen molar-refractivity contribution < 1.29 is 23.9 Å². The van der Waals surface area contributed by atoms with Crippen molar-refractivity contribution in [2.75, 3.05) is 25.4 Å². The molecule has 1 saturated heterocycles. The molecule has 0 atom stereocenters. The molecule has 0 unspecified atom stereocenters. The Hall–Kier alpha value is -3.40. The fourth-order valence-corrected chi connectivity index (χ4v) is 3.76. The van der Waals surface area contributed by atoms with Crippen LogP contribution >= 0.6 is 11.8 Å². The summed E-state index contributed by atoms with van der Waals surface area (Å²) in [6.07, 6.45) is 2.86. The molecular formula is C21H22N4O5S. The lowest BCUT2D eigenvalue weighted by Gasteiger charge is -2.12. The third-order valence-corrected chi connectivity index (χ3v) is 5.44. The summed E-state index contributed by atoms with van der Waals surface area (Å²) < 4.78 is 6.74. The fourth-order valence-electron chi connectivity index (χ4n) is 3.01. The Labute approximate surface area is 183 Å². The fraction of sp³-hybridized carbons (Fsp3) is 0.286. The van der Waals surface area contributed by atoms with E-state index >= 15 is 0 Å². The number of amides is 3. The quantitative estimate of drug-likeness (QED) is 0.491. The van der Waals surface area contributed by atoms with Gasteiger partial charge in [0.05, 0.1) is 17.1 Å². The average molecular weight is 442 g/mol. The van der Waals surface area contributed by atoms with Crippen molar-refractivity contribution in [3.63, 3.8) is 0 Å². The van der Waals surface area contributed by atoms with E-state index in [1.165, 1.54) is 6.08 Å². The first kappa shape index (κ1) is 22.3. The van der Waals surface area contributed by atoms with E-state index in [0.29, 0.717) is 0 Å². The molecule has 31 heavy (non-hydrogen) atoms. The maximum atomic E-state index is 12.0. The molecular weight excluding hydrogens is 420 g/mol. The van der Waals surface area contributed by atoms with Crippen LogP contribution in [0.5, 0.6) is 0 Å². The predicted molar refractivity (Wildman–Crippen MR) is 116 cm³/mol. The lowest BCUT2D eigenvalue weighted by Crippen LogP contribution is -2.38. The van der Waals surface area contributed by atoms with E-state index in [0.717, 1.165) is 39.3 Å². The van der Waals surface area contributed by atoms with Crippen molar-refractivity contribution in [3.8, 4) is 5.69 Å². The van der Waals surface area contributed by atoms with Gasteiger partial charge in [-0.3, -0.25) is 19.3 Å². The second-order valence-electron chi connectivity index (χ2n) is 6.72. The number of para-hydroxylation sites is 1. The molecule has 1 N–H and O–H groups in total. The maximum Gasteiger partial charge on any atom is 0.331 e. The molecule has 10 heteroatoms. The number of hydrogen-bond acceptors (Lipinski definition) is 7. The van der Waals surface area contributed by atoms with E-state index in [2.05, 4.69) is 10.4 Å². The van der Waals surface area contributed by atoms with Gasteiger partial charge in [0.25, 0.3) is 11.1 Å². The lowest BCUT2D eigenvalue weighted by atomic mass is 10.2. The number of esters is 1. The van der Waals surface area contributed by atoms with Gasteiger partial charge in [0.15, 0.2) is 6.61 Å². The summed E-state index contributed by atoms with van der Waals surface area (Å²) in [6.45, 7) is 3.48. The molecule has 3 amide bonds. The highest BCUT2D eigenvalue weighted by atomic mass is 32.2. The summed E-state index contributed by atoms with van der Waals surface area (Å²) in [7, 11) is 0. The number of carbonyl (C=O) groups is 4. The summed E-state index contributed by atoms with van der Waals surface area (Å²) in [6, 6.07) is 9.64. The summed E-state index contributed by atoms with van der Waals surface area (Å²) in [5, 5.41) is 6.69. The van der Waals surface area contributed by atoms with E-state index in [-0.39, 0.29) is 30.0 Å². The Morgan fingerprint density at radius 2 is 1.97 bits per heavy atom. The molecule has 2 aromatic rings. The normalized spacial score (nSPS) is 13.8. The molecule has 0 spiro atoms. The van der Waals surface area contributed by atoms with Crippen LogP contribution in [0.3, 0.4) is 0 Å². The summed E-state index contributed by atoms with van der Waals surface area (Å²) in [5.41, 5.74) is 3.34. The smallest absolute Gasteiger partial charge is 0.331 e. The highest BCUT2D eigenvalue weighted by molar-refractivity contribution is 8.14. The molecule has 0 aliphatic carbocycles. The minimum Gasteiger partial charge on any atom is -0.452 e. The number of aryl methyl sites for hydroxylation is 1. The molecule has 1 aliphatic rings. The number of nitrogens with one attached hydrogen (secondary N) is 1. The average Bonchev–Trinajstić information content (AvgIpc) is 3.23. The van der Waals surface area contributed by atoms with Crippen LogP contribution in [0.2, 0.25) is 0 Å². The predicted octanol–water partition coefficient (Wildman–Crippen LogP) is 1.86. The Bertz CT molecular complexity index is 1020. The summed E-state index contributed by atoms with van der Waals surface area (Å²) in [4.78, 5) is 47.8. The number of carbonyl (C=O) groups excluding carboxylic acids is 4. The molecule has 3 rings (SSSR count). The van der Waals surface area contributed by atoms with Crippen molar-refractivity contribution in [3.05, 3.63) is 53.4 Å². The molecule has 1 aromatic carbocycles. The third kappa shape index (κ3) is 5.60. The Balaban J connectivity index is 1.47. The van der Waals surface area contributed by atoms with E-state index in [1.54, 1.807) is 10.8 Å². The maximum absolute atomic E-state index is 12.0. The number of nitrogens with zero attached hydrogens (tertiary/aromatic N) is 3. The molecule has 0 bridgehead atoms. The van der Waals surface area contributed by atoms with Gasteiger partial charge >= 0.3 is 5.97 Å². The van der Waals surface area contributed by atoms with Crippen molar-refractivity contribution >= 4 is 40.9 Å². The second kappa shape index (κ2) is 10.1. The highest BCUT2D eigenvalue weighted by Gasteiger charge is 2.29. The van der Waals surface area contributed by atoms with Crippen LogP contribution in [0.25, 0.3) is 11.8 Å². The topological polar surface area (TPSA) is 111 Å². The van der Waals surface area contributed by atoms with Gasteiger partial charge in [0.1, 0.15) is 0 Å². The minimum atomic E-state index is -0.664. The van der Waals surface area contributed by atoms with Crippen molar-refractivity contribution in [2.24, 2.45) is 0 Å². The number of rotatable bonds is 8. The number of hydrogen-bond donors (Lipinski definition) is 1. The number of imide groups is 1. The van der Waals surface area contributed by atoms with Gasteiger partial charge in [0.2, 0.25) is 5.91 Å². The number of ether oxygens (including phenoxy) is 1. The molecule has 1 aromatic heterocycles. The molecule has 2 heterocycles. The van der Waals surface area contributed by atoms with Crippen LogP contribution in [0, 0.1) is 13.8 Å². The van der Waals surface area contributed by atoms with Crippen LogP contribution in [0.4, 0.5) is 4.79 Å². The van der Waals surface area contributed by atoms with E-state index < -0.39 is 18.5 Å². The van der Waals surface area contributed by atoms with Crippen LogP contribution in [-0.2, 0) is 19.1 Å². The first-order valence-corrected chi connectivity index (χ1v) is 10.6. The Morgan fingerprint density at radius 3 is 2.65 bits per heavy atom. The third-order valence-electron chi connectivity index (χ3n) is 4.58. The molecule has 162 valence electrons. The summed E-state index contributed by atoms with van der Waals surface area (Å²) >= 11 is 0.934. The minimum absolute atomic E-state index is 0.0915. The van der Waals surface area contributed by atoms with Gasteiger partial charge in [-0.1, -0.05) is 30.0 Å². The van der Waals surface area contributed by atoms with Crippen LogP contribution in [0.15, 0.2) is 36.4 Å². The lowest BCUT2D eigenvalue weighted by molar-refractivity contribution is -0.143. The molecule has 1 aliphatic heterocycles. The summed E-state index contributed by atoms with van der Waals surface area (Å²) in [5.74, 6) is -1.33. The van der Waals surface area contributed by atoms with Gasteiger partial charge < -0.3 is 10.1 Å². The molecule has 0 radical (unpaired) electrons. The van der Waals surface area contributed by atoms with E-state index in [4.69, 9.17) is 4.74 Å². The van der Waals surface area contributed by atoms with Gasteiger partial charge in [-0.05, 0) is 32.1 Å². The number of thioether (sulfide) groups is 1. The van der Waals surface area contributed by atoms with Gasteiger partial charge in [-0.2, -0.15) is 5.10 Å². The number of aromatic nitrogens is 2. The molecule has 0 saturated carbocycles. The molecule has 1 fully saturated rings. The van der Waals surface area contributed by atoms with Gasteiger partial charge in [0, 0.05) is 30.4 Å². The second-order valence-corrected chi connectivity index (χ2v) is 7.65. The largest absolute Gasteiger partial charge is 0.452 e. The van der Waals surface area contributed by atoms with Gasteiger partial charge in [-0.15, -0.1) is 0 Å². The number of benzene rings is 1. The highest BCUT2D eigenvalue weighted by Crippen LogP contribution is 2.19. The SMILES string of the molecule is Cc1nn(-c2ccccc2)c(C)c1/C=C/C(=O)OCC(=O)NCCN1C(=O)CSC1=O. The molecule has 9 nitrogen and oxygen atoms in total. The van der Waals surface area contributed by atoms with Crippen LogP contribution in [0.1, 0.15) is 17.0 Å². The monoisotopic (exact) mass is 442 g/mol. The zero-order valence-electron chi connectivity index (χ0n) is 17.2.